The number of nitrogens with two attached hydrogens (primary N) is 3. The predicted molar refractivity (Wildman–Crippen MR) is 59.5 cm³/mol. The third kappa shape index (κ3) is 1.99. The van der Waals surface area contributed by atoms with Gasteiger partial charge in [-0.25, -0.2) is 0 Å². The maximum Gasteiger partial charge on any atom is 0.0363 e. The zero-order valence-corrected chi connectivity index (χ0v) is 8.24. The molecule has 0 bridgehead atoms. The van der Waals surface area contributed by atoms with Gasteiger partial charge in [0.05, 0.1) is 0 Å². The van der Waals surface area contributed by atoms with Gasteiger partial charge in [0.25, 0.3) is 0 Å². The number of rotatable bonds is 3. The van der Waals surface area contributed by atoms with E-state index in [2.05, 4.69) is 0 Å². The first-order valence-electron chi connectivity index (χ1n) is 5.07. The van der Waals surface area contributed by atoms with E-state index in [1.165, 1.54) is 12.8 Å². The molecule has 1 unspecified atom stereocenters. The largest absolute Gasteiger partial charge is 0.399 e. The highest BCUT2D eigenvalue weighted by Gasteiger charge is 2.25. The van der Waals surface area contributed by atoms with Crippen LogP contribution in [0.2, 0.25) is 0 Å². The Morgan fingerprint density at radius 3 is 2.64 bits per heavy atom. The summed E-state index contributed by atoms with van der Waals surface area (Å²) in [5, 5.41) is 0. The zero-order valence-electron chi connectivity index (χ0n) is 8.24. The molecule has 2 rings (SSSR count). The minimum Gasteiger partial charge on any atom is -0.399 e. The van der Waals surface area contributed by atoms with Gasteiger partial charge in [-0.15, -0.1) is 0 Å². The summed E-state index contributed by atoms with van der Waals surface area (Å²) >= 11 is 0. The van der Waals surface area contributed by atoms with Crippen molar-refractivity contribution in [2.45, 2.75) is 25.3 Å². The monoisotopic (exact) mass is 191 g/mol. The summed E-state index contributed by atoms with van der Waals surface area (Å²) in [6.07, 6.45) is 3.67. The molecule has 1 aliphatic carbocycles. The molecule has 0 aromatic heterocycles. The number of benzene rings is 1. The second-order valence-electron chi connectivity index (χ2n) is 4.17. The lowest BCUT2D eigenvalue weighted by atomic mass is 10.00. The minimum atomic E-state index is 0.0472. The van der Waals surface area contributed by atoms with E-state index in [4.69, 9.17) is 17.2 Å². The van der Waals surface area contributed by atoms with Crippen LogP contribution in [0.1, 0.15) is 30.9 Å². The van der Waals surface area contributed by atoms with E-state index < -0.39 is 0 Å². The highest BCUT2D eigenvalue weighted by atomic mass is 14.7. The van der Waals surface area contributed by atoms with Crippen LogP contribution >= 0.6 is 0 Å². The third-order valence-electron chi connectivity index (χ3n) is 2.79. The van der Waals surface area contributed by atoms with Crippen molar-refractivity contribution in [3.63, 3.8) is 0 Å². The quantitative estimate of drug-likeness (QED) is 0.636. The van der Waals surface area contributed by atoms with Crippen LogP contribution in [0.5, 0.6) is 0 Å². The molecule has 0 spiro atoms. The van der Waals surface area contributed by atoms with Crippen LogP contribution in [0.15, 0.2) is 18.2 Å². The third-order valence-corrected chi connectivity index (χ3v) is 2.79. The fraction of sp³-hybridized carbons (Fsp3) is 0.455. The minimum absolute atomic E-state index is 0.0472. The molecule has 1 aromatic rings. The summed E-state index contributed by atoms with van der Waals surface area (Å²) < 4.78 is 0. The first-order chi connectivity index (χ1) is 6.66. The molecule has 0 heterocycles. The smallest absolute Gasteiger partial charge is 0.0363 e. The van der Waals surface area contributed by atoms with Crippen LogP contribution in [0, 0.1) is 5.92 Å². The van der Waals surface area contributed by atoms with Crippen molar-refractivity contribution in [2.24, 2.45) is 11.7 Å². The molecule has 1 atom stereocenters. The molecule has 1 fully saturated rings. The SMILES string of the molecule is Nc1ccc(N)c(C(N)CC2CC2)c1. The Bertz CT molecular complexity index is 331. The van der Waals surface area contributed by atoms with E-state index >= 15 is 0 Å². The van der Waals surface area contributed by atoms with E-state index in [1.54, 1.807) is 0 Å². The second-order valence-corrected chi connectivity index (χ2v) is 4.17. The number of nitrogen functional groups attached to an aromatic ring is 2. The summed E-state index contributed by atoms with van der Waals surface area (Å²) in [5.41, 5.74) is 20.1. The van der Waals surface area contributed by atoms with Gasteiger partial charge in [0, 0.05) is 17.4 Å². The van der Waals surface area contributed by atoms with Gasteiger partial charge in [0.15, 0.2) is 0 Å². The van der Waals surface area contributed by atoms with Crippen molar-refractivity contribution in [3.8, 4) is 0 Å². The molecule has 0 amide bonds. The van der Waals surface area contributed by atoms with E-state index in [1.807, 2.05) is 18.2 Å². The first-order valence-corrected chi connectivity index (χ1v) is 5.07. The van der Waals surface area contributed by atoms with E-state index in [0.717, 1.165) is 29.3 Å². The molecule has 1 saturated carbocycles. The summed E-state index contributed by atoms with van der Waals surface area (Å²) in [7, 11) is 0. The van der Waals surface area contributed by atoms with Crippen LogP contribution in [0.3, 0.4) is 0 Å². The highest BCUT2D eigenvalue weighted by Crippen LogP contribution is 2.38. The Hall–Kier alpha value is -1.22. The topological polar surface area (TPSA) is 78.1 Å². The van der Waals surface area contributed by atoms with Crippen LogP contribution in [0.4, 0.5) is 11.4 Å². The Balaban J connectivity index is 2.15. The van der Waals surface area contributed by atoms with Gasteiger partial charge in [-0.3, -0.25) is 0 Å². The van der Waals surface area contributed by atoms with Crippen LogP contribution < -0.4 is 17.2 Å². The van der Waals surface area contributed by atoms with Crippen molar-refractivity contribution in [1.29, 1.82) is 0 Å². The fourth-order valence-electron chi connectivity index (χ4n) is 1.75. The number of anilines is 2. The van der Waals surface area contributed by atoms with Gasteiger partial charge < -0.3 is 17.2 Å². The molecular formula is C11H17N3. The molecule has 3 nitrogen and oxygen atoms in total. The van der Waals surface area contributed by atoms with Gasteiger partial charge in [0.2, 0.25) is 0 Å². The van der Waals surface area contributed by atoms with Gasteiger partial charge in [-0.2, -0.15) is 0 Å². The van der Waals surface area contributed by atoms with Crippen molar-refractivity contribution in [2.75, 3.05) is 11.5 Å². The highest BCUT2D eigenvalue weighted by molar-refractivity contribution is 5.56. The Kier molecular flexibility index (Phi) is 2.33. The molecule has 0 aliphatic heterocycles. The van der Waals surface area contributed by atoms with E-state index in [9.17, 15) is 0 Å². The molecule has 1 aliphatic rings. The molecular weight excluding hydrogens is 174 g/mol. The van der Waals surface area contributed by atoms with Crippen LogP contribution in [-0.4, -0.2) is 0 Å². The lowest BCUT2D eigenvalue weighted by molar-refractivity contribution is 0.598. The normalized spacial score (nSPS) is 18.1. The summed E-state index contributed by atoms with van der Waals surface area (Å²) in [6, 6.07) is 5.58. The molecule has 0 radical (unpaired) electrons. The average Bonchev–Trinajstić information content (AvgIpc) is 2.93. The maximum absolute atomic E-state index is 6.07. The number of hydrogen-bond acceptors (Lipinski definition) is 3. The Morgan fingerprint density at radius 2 is 2.00 bits per heavy atom. The van der Waals surface area contributed by atoms with Crippen molar-refractivity contribution >= 4 is 11.4 Å². The van der Waals surface area contributed by atoms with E-state index in [-0.39, 0.29) is 6.04 Å². The fourth-order valence-corrected chi connectivity index (χ4v) is 1.75. The van der Waals surface area contributed by atoms with Gasteiger partial charge in [0.1, 0.15) is 0 Å². The molecule has 0 saturated heterocycles. The predicted octanol–water partition coefficient (Wildman–Crippen LogP) is 1.65. The summed E-state index contributed by atoms with van der Waals surface area (Å²) in [6.45, 7) is 0. The lowest BCUT2D eigenvalue weighted by Crippen LogP contribution is -2.13. The van der Waals surface area contributed by atoms with Crippen molar-refractivity contribution in [3.05, 3.63) is 23.8 Å². The van der Waals surface area contributed by atoms with E-state index in [0.29, 0.717) is 0 Å². The van der Waals surface area contributed by atoms with Crippen molar-refractivity contribution < 1.29 is 0 Å². The molecule has 3 heteroatoms. The zero-order chi connectivity index (χ0) is 10.1. The average molecular weight is 191 g/mol. The molecule has 6 N–H and O–H groups in total. The van der Waals surface area contributed by atoms with Crippen LogP contribution in [0.25, 0.3) is 0 Å². The second kappa shape index (κ2) is 3.50. The summed E-state index contributed by atoms with van der Waals surface area (Å²) in [4.78, 5) is 0. The Morgan fingerprint density at radius 1 is 1.29 bits per heavy atom. The lowest BCUT2D eigenvalue weighted by Gasteiger charge is -2.14. The first kappa shape index (κ1) is 9.34. The maximum atomic E-state index is 6.07. The Labute approximate surface area is 84.3 Å². The van der Waals surface area contributed by atoms with Crippen LogP contribution in [-0.2, 0) is 0 Å². The summed E-state index contributed by atoms with van der Waals surface area (Å²) in [5.74, 6) is 0.811. The standard InChI is InChI=1S/C11H17N3/c12-8-3-4-10(13)9(6-8)11(14)5-7-1-2-7/h3-4,6-7,11H,1-2,5,12-14H2. The van der Waals surface area contributed by atoms with Gasteiger partial charge in [-0.05, 0) is 36.1 Å². The van der Waals surface area contributed by atoms with Gasteiger partial charge in [-0.1, -0.05) is 12.8 Å². The molecule has 76 valence electrons. The van der Waals surface area contributed by atoms with Gasteiger partial charge >= 0.3 is 0 Å². The number of hydrogen-bond donors (Lipinski definition) is 3. The molecule has 1 aromatic carbocycles. The molecule has 14 heavy (non-hydrogen) atoms. The van der Waals surface area contributed by atoms with Crippen molar-refractivity contribution in [1.82, 2.24) is 0 Å².